The molecule has 6 heteroatoms. The SMILES string of the molecule is NC(=O)c1nccnc1NC1C2CNCC21. The van der Waals surface area contributed by atoms with E-state index in [1.54, 1.807) is 6.20 Å². The first kappa shape index (κ1) is 9.53. The van der Waals surface area contributed by atoms with Gasteiger partial charge in [0.05, 0.1) is 0 Å². The van der Waals surface area contributed by atoms with Crippen molar-refractivity contribution in [2.45, 2.75) is 6.04 Å². The maximum absolute atomic E-state index is 11.1. The Balaban J connectivity index is 1.77. The summed E-state index contributed by atoms with van der Waals surface area (Å²) in [5.41, 5.74) is 5.46. The third kappa shape index (κ3) is 1.42. The highest BCUT2D eigenvalue weighted by molar-refractivity contribution is 5.95. The minimum Gasteiger partial charge on any atom is -0.365 e. The number of rotatable bonds is 3. The van der Waals surface area contributed by atoms with Gasteiger partial charge in [-0.1, -0.05) is 0 Å². The van der Waals surface area contributed by atoms with Crippen molar-refractivity contribution in [1.82, 2.24) is 15.3 Å². The van der Waals surface area contributed by atoms with Gasteiger partial charge in [-0.15, -0.1) is 0 Å². The van der Waals surface area contributed by atoms with E-state index in [9.17, 15) is 4.79 Å². The largest absolute Gasteiger partial charge is 0.365 e. The van der Waals surface area contributed by atoms with Gasteiger partial charge in [-0.2, -0.15) is 0 Å². The summed E-state index contributed by atoms with van der Waals surface area (Å²) >= 11 is 0. The topological polar surface area (TPSA) is 92.9 Å². The summed E-state index contributed by atoms with van der Waals surface area (Å²) in [5, 5.41) is 6.56. The Kier molecular flexibility index (Phi) is 2.03. The van der Waals surface area contributed by atoms with E-state index >= 15 is 0 Å². The molecule has 1 aromatic rings. The van der Waals surface area contributed by atoms with Crippen LogP contribution in [0.5, 0.6) is 0 Å². The van der Waals surface area contributed by atoms with E-state index in [-0.39, 0.29) is 5.69 Å². The molecule has 3 rings (SSSR count). The normalized spacial score (nSPS) is 30.9. The maximum Gasteiger partial charge on any atom is 0.271 e. The zero-order valence-corrected chi connectivity index (χ0v) is 8.68. The molecule has 0 bridgehead atoms. The number of nitrogens with one attached hydrogen (secondary N) is 2. The summed E-state index contributed by atoms with van der Waals surface area (Å²) in [4.78, 5) is 19.2. The third-order valence-electron chi connectivity index (χ3n) is 3.33. The molecular formula is C10H13N5O. The zero-order chi connectivity index (χ0) is 11.1. The highest BCUT2D eigenvalue weighted by Gasteiger charge is 2.53. The molecule has 1 aliphatic carbocycles. The highest BCUT2D eigenvalue weighted by atomic mass is 16.1. The average Bonchev–Trinajstić information content (AvgIpc) is 2.75. The van der Waals surface area contributed by atoms with Crippen molar-refractivity contribution in [2.75, 3.05) is 18.4 Å². The molecule has 2 unspecified atom stereocenters. The molecule has 16 heavy (non-hydrogen) atoms. The van der Waals surface area contributed by atoms with E-state index in [4.69, 9.17) is 5.73 Å². The predicted octanol–water partition coefficient (Wildman–Crippen LogP) is -0.795. The second kappa shape index (κ2) is 3.41. The fraction of sp³-hybridized carbons (Fsp3) is 0.500. The lowest BCUT2D eigenvalue weighted by molar-refractivity contribution is 0.0996. The first-order valence-electron chi connectivity index (χ1n) is 5.35. The van der Waals surface area contributed by atoms with Gasteiger partial charge in [-0.05, 0) is 11.8 Å². The lowest BCUT2D eigenvalue weighted by Gasteiger charge is -2.09. The van der Waals surface area contributed by atoms with E-state index in [1.165, 1.54) is 6.20 Å². The second-order valence-electron chi connectivity index (χ2n) is 4.27. The van der Waals surface area contributed by atoms with E-state index < -0.39 is 5.91 Å². The fourth-order valence-electron chi connectivity index (χ4n) is 2.41. The number of carbonyl (C=O) groups excluding carboxylic acids is 1. The van der Waals surface area contributed by atoms with Crippen LogP contribution >= 0.6 is 0 Å². The van der Waals surface area contributed by atoms with Gasteiger partial charge in [0, 0.05) is 31.5 Å². The molecule has 0 aromatic carbocycles. The van der Waals surface area contributed by atoms with Crippen molar-refractivity contribution >= 4 is 11.7 Å². The first-order valence-corrected chi connectivity index (χ1v) is 5.35. The standard InChI is InChI=1S/C10H13N5O/c11-9(16)8-10(14-2-1-13-8)15-7-5-3-12-4-6(5)7/h1-2,5-7,12H,3-4H2,(H2,11,16)(H,14,15). The quantitative estimate of drug-likeness (QED) is 0.619. The number of nitrogens with two attached hydrogens (primary N) is 1. The second-order valence-corrected chi connectivity index (χ2v) is 4.27. The van der Waals surface area contributed by atoms with E-state index in [1.807, 2.05) is 0 Å². The molecule has 2 atom stereocenters. The number of piperidine rings is 1. The van der Waals surface area contributed by atoms with E-state index in [0.29, 0.717) is 23.7 Å². The molecule has 2 aliphatic rings. The molecule has 6 nitrogen and oxygen atoms in total. The van der Waals surface area contributed by atoms with Crippen LogP contribution in [-0.2, 0) is 0 Å². The summed E-state index contributed by atoms with van der Waals surface area (Å²) in [6.07, 6.45) is 3.03. The van der Waals surface area contributed by atoms with Gasteiger partial charge in [-0.25, -0.2) is 9.97 Å². The number of hydrogen-bond acceptors (Lipinski definition) is 5. The molecule has 1 aromatic heterocycles. The smallest absolute Gasteiger partial charge is 0.271 e. The van der Waals surface area contributed by atoms with Crippen LogP contribution in [0.3, 0.4) is 0 Å². The van der Waals surface area contributed by atoms with Gasteiger partial charge in [0.2, 0.25) is 0 Å². The zero-order valence-electron chi connectivity index (χ0n) is 8.68. The van der Waals surface area contributed by atoms with Crippen molar-refractivity contribution in [3.8, 4) is 0 Å². The monoisotopic (exact) mass is 219 g/mol. The highest BCUT2D eigenvalue weighted by Crippen LogP contribution is 2.43. The van der Waals surface area contributed by atoms with Crippen LogP contribution in [0.2, 0.25) is 0 Å². The maximum atomic E-state index is 11.1. The number of aromatic nitrogens is 2. The Morgan fingerprint density at radius 2 is 2.06 bits per heavy atom. The van der Waals surface area contributed by atoms with Crippen molar-refractivity contribution in [2.24, 2.45) is 17.6 Å². The predicted molar refractivity (Wildman–Crippen MR) is 57.8 cm³/mol. The molecule has 2 fully saturated rings. The number of fused-ring (bicyclic) bond motifs is 1. The van der Waals surface area contributed by atoms with Gasteiger partial charge in [0.25, 0.3) is 5.91 Å². The molecule has 1 aliphatic heterocycles. The van der Waals surface area contributed by atoms with Gasteiger partial charge >= 0.3 is 0 Å². The number of primary amides is 1. The Hall–Kier alpha value is -1.69. The summed E-state index contributed by atoms with van der Waals surface area (Å²) < 4.78 is 0. The Morgan fingerprint density at radius 3 is 2.75 bits per heavy atom. The number of amides is 1. The summed E-state index contributed by atoms with van der Waals surface area (Å²) in [6, 6.07) is 0.413. The van der Waals surface area contributed by atoms with Crippen LogP contribution in [0.25, 0.3) is 0 Å². The fourth-order valence-corrected chi connectivity index (χ4v) is 2.41. The first-order chi connectivity index (χ1) is 7.77. The molecule has 2 heterocycles. The Morgan fingerprint density at radius 1 is 1.38 bits per heavy atom. The van der Waals surface area contributed by atoms with Crippen LogP contribution in [0.4, 0.5) is 5.82 Å². The molecular weight excluding hydrogens is 206 g/mol. The average molecular weight is 219 g/mol. The minimum absolute atomic E-state index is 0.223. The van der Waals surface area contributed by atoms with E-state index in [2.05, 4.69) is 20.6 Å². The van der Waals surface area contributed by atoms with Crippen LogP contribution in [-0.4, -0.2) is 35.0 Å². The number of carbonyl (C=O) groups is 1. The van der Waals surface area contributed by atoms with Crippen molar-refractivity contribution < 1.29 is 4.79 Å². The molecule has 1 amide bonds. The molecule has 84 valence electrons. The summed E-state index contributed by atoms with van der Waals surface area (Å²) in [5.74, 6) is 1.28. The van der Waals surface area contributed by atoms with Crippen LogP contribution in [0.15, 0.2) is 12.4 Å². The molecule has 1 saturated carbocycles. The molecule has 4 N–H and O–H groups in total. The number of nitrogens with zero attached hydrogens (tertiary/aromatic N) is 2. The van der Waals surface area contributed by atoms with Crippen LogP contribution in [0, 0.1) is 11.8 Å². The number of hydrogen-bond donors (Lipinski definition) is 3. The van der Waals surface area contributed by atoms with Crippen molar-refractivity contribution in [1.29, 1.82) is 0 Å². The Bertz CT molecular complexity index is 425. The summed E-state index contributed by atoms with van der Waals surface area (Å²) in [6.45, 7) is 2.07. The molecule has 0 radical (unpaired) electrons. The lowest BCUT2D eigenvalue weighted by atomic mass is 10.3. The van der Waals surface area contributed by atoms with Crippen molar-refractivity contribution in [3.05, 3.63) is 18.1 Å². The summed E-state index contributed by atoms with van der Waals surface area (Å²) in [7, 11) is 0. The van der Waals surface area contributed by atoms with Crippen LogP contribution in [0.1, 0.15) is 10.5 Å². The van der Waals surface area contributed by atoms with Crippen LogP contribution < -0.4 is 16.4 Å². The molecule has 0 spiro atoms. The molecule has 1 saturated heterocycles. The lowest BCUT2D eigenvalue weighted by Crippen LogP contribution is -2.24. The van der Waals surface area contributed by atoms with Gasteiger partial charge in [0.15, 0.2) is 11.5 Å². The number of anilines is 1. The minimum atomic E-state index is -0.542. The van der Waals surface area contributed by atoms with Gasteiger partial charge in [0.1, 0.15) is 0 Å². The van der Waals surface area contributed by atoms with Gasteiger partial charge < -0.3 is 16.4 Å². The third-order valence-corrected chi connectivity index (χ3v) is 3.33. The Labute approximate surface area is 92.6 Å². The van der Waals surface area contributed by atoms with Crippen molar-refractivity contribution in [3.63, 3.8) is 0 Å². The van der Waals surface area contributed by atoms with Gasteiger partial charge in [-0.3, -0.25) is 4.79 Å². The van der Waals surface area contributed by atoms with E-state index in [0.717, 1.165) is 13.1 Å².